The Kier molecular flexibility index (Phi) is 3.82. The van der Waals surface area contributed by atoms with Crippen LogP contribution in [0.1, 0.15) is 20.7 Å². The summed E-state index contributed by atoms with van der Waals surface area (Å²) < 4.78 is 4.27. The van der Waals surface area contributed by atoms with Gasteiger partial charge >= 0.3 is 11.9 Å². The van der Waals surface area contributed by atoms with Gasteiger partial charge in [-0.25, -0.2) is 9.59 Å². The highest BCUT2D eigenvalue weighted by atomic mass is 16.5. The van der Waals surface area contributed by atoms with E-state index >= 15 is 0 Å². The van der Waals surface area contributed by atoms with Crippen molar-refractivity contribution in [1.29, 1.82) is 0 Å². The Morgan fingerprint density at radius 1 is 1.00 bits per heavy atom. The van der Waals surface area contributed by atoms with E-state index < -0.39 is 11.9 Å². The molecule has 1 aromatic rings. The molecule has 2 aliphatic carbocycles. The van der Waals surface area contributed by atoms with Gasteiger partial charge in [-0.3, -0.25) is 0 Å². The predicted octanol–water partition coefficient (Wildman–Crippen LogP) is 2.80. The second-order valence-corrected chi connectivity index (χ2v) is 3.97. The van der Waals surface area contributed by atoms with E-state index in [1.807, 2.05) is 0 Å². The highest BCUT2D eigenvalue weighted by molar-refractivity contribution is 5.92. The van der Waals surface area contributed by atoms with Crippen molar-refractivity contribution >= 4 is 11.9 Å². The molecule has 0 radical (unpaired) electrons. The summed E-state index contributed by atoms with van der Waals surface area (Å²) in [5.41, 5.74) is 3.17. The highest BCUT2D eigenvalue weighted by Gasteiger charge is 2.08. The zero-order valence-corrected chi connectivity index (χ0v) is 10.4. The summed E-state index contributed by atoms with van der Waals surface area (Å²) in [6, 6.07) is 13.8. The SMILES string of the molecule is C#COC(=O)c1ccc(C(=O)O)cc1.c1cc2cc-2c1. The van der Waals surface area contributed by atoms with Crippen LogP contribution in [0.5, 0.6) is 0 Å². The number of terminal acetylenes is 1. The normalized spacial score (nSPS) is 9.55. The molecule has 3 rings (SSSR count). The van der Waals surface area contributed by atoms with Crippen molar-refractivity contribution in [2.24, 2.45) is 0 Å². The molecule has 0 fully saturated rings. The summed E-state index contributed by atoms with van der Waals surface area (Å²) in [6.45, 7) is 0. The molecule has 4 nitrogen and oxygen atoms in total. The van der Waals surface area contributed by atoms with E-state index in [1.165, 1.54) is 35.4 Å². The van der Waals surface area contributed by atoms with Crippen molar-refractivity contribution in [2.45, 2.75) is 0 Å². The fraction of sp³-hybridized carbons (Fsp3) is 0. The van der Waals surface area contributed by atoms with E-state index in [4.69, 9.17) is 11.5 Å². The minimum absolute atomic E-state index is 0.0993. The van der Waals surface area contributed by atoms with Crippen LogP contribution < -0.4 is 0 Å². The molecule has 0 saturated heterocycles. The molecule has 0 aromatic heterocycles. The number of hydrogen-bond acceptors (Lipinski definition) is 3. The maximum Gasteiger partial charge on any atom is 0.352 e. The number of carbonyl (C=O) groups is 2. The number of carboxylic acid groups (broad SMARTS) is 1. The number of rotatable bonds is 2. The smallest absolute Gasteiger partial charge is 0.352 e. The van der Waals surface area contributed by atoms with E-state index in [0.717, 1.165) is 0 Å². The topological polar surface area (TPSA) is 63.6 Å². The lowest BCUT2D eigenvalue weighted by molar-refractivity contribution is 0.0678. The first-order valence-electron chi connectivity index (χ1n) is 5.72. The molecule has 0 atom stereocenters. The van der Waals surface area contributed by atoms with Crippen LogP contribution in [-0.4, -0.2) is 17.0 Å². The molecule has 0 spiro atoms. The molecule has 0 bridgehead atoms. The molecule has 0 unspecified atom stereocenters. The van der Waals surface area contributed by atoms with Gasteiger partial charge < -0.3 is 9.84 Å². The van der Waals surface area contributed by atoms with Crippen LogP contribution in [0.4, 0.5) is 0 Å². The number of benzene rings is 2. The summed E-state index contributed by atoms with van der Waals surface area (Å²) in [4.78, 5) is 21.5. The van der Waals surface area contributed by atoms with Crippen LogP contribution in [-0.2, 0) is 4.74 Å². The first-order chi connectivity index (χ1) is 9.61. The number of esters is 1. The third kappa shape index (κ3) is 3.24. The van der Waals surface area contributed by atoms with Gasteiger partial charge in [0, 0.05) is 0 Å². The highest BCUT2D eigenvalue weighted by Crippen LogP contribution is 2.32. The molecule has 0 aliphatic heterocycles. The van der Waals surface area contributed by atoms with Crippen molar-refractivity contribution in [1.82, 2.24) is 0 Å². The van der Waals surface area contributed by atoms with Crippen molar-refractivity contribution in [3.8, 4) is 23.7 Å². The second-order valence-electron chi connectivity index (χ2n) is 3.97. The molecule has 1 N–H and O–H groups in total. The van der Waals surface area contributed by atoms with Gasteiger partial charge in [-0.2, -0.15) is 0 Å². The quantitative estimate of drug-likeness (QED) is 0.572. The molecule has 0 amide bonds. The van der Waals surface area contributed by atoms with Crippen molar-refractivity contribution < 1.29 is 19.4 Å². The predicted molar refractivity (Wildman–Crippen MR) is 73.1 cm³/mol. The van der Waals surface area contributed by atoms with Gasteiger partial charge in [0.2, 0.25) is 0 Å². The largest absolute Gasteiger partial charge is 0.478 e. The summed E-state index contributed by atoms with van der Waals surface area (Å²) in [6.07, 6.45) is 6.50. The molecule has 0 heterocycles. The average Bonchev–Trinajstić information content (AvgIpc) is 3.06. The fourth-order valence-electron chi connectivity index (χ4n) is 1.54. The summed E-state index contributed by atoms with van der Waals surface area (Å²) >= 11 is 0. The van der Waals surface area contributed by atoms with Gasteiger partial charge in [0.15, 0.2) is 0 Å². The molecule has 20 heavy (non-hydrogen) atoms. The van der Waals surface area contributed by atoms with Crippen LogP contribution in [0.15, 0.2) is 48.5 Å². The van der Waals surface area contributed by atoms with Gasteiger partial charge in [-0.1, -0.05) is 24.6 Å². The Morgan fingerprint density at radius 3 is 1.90 bits per heavy atom. The molecule has 98 valence electrons. The van der Waals surface area contributed by atoms with E-state index in [9.17, 15) is 9.59 Å². The van der Waals surface area contributed by atoms with Gasteiger partial charge in [0.1, 0.15) is 6.11 Å². The maximum absolute atomic E-state index is 11.0. The van der Waals surface area contributed by atoms with Crippen molar-refractivity contribution in [3.05, 3.63) is 59.7 Å². The van der Waals surface area contributed by atoms with Gasteiger partial charge in [0.25, 0.3) is 0 Å². The Bertz CT molecular complexity index is 676. The molecule has 2 aliphatic rings. The first kappa shape index (κ1) is 13.4. The number of ether oxygens (including phenoxy) is 1. The fourth-order valence-corrected chi connectivity index (χ4v) is 1.54. The standard InChI is InChI=1S/C10H6O4.C6H4/c1-2-14-10(13)8-5-3-7(4-6-8)9(11)12;1-2-5-4-6(5)3-1/h1,3-6H,(H,11,12);1-4H. The van der Waals surface area contributed by atoms with Crippen LogP contribution >= 0.6 is 0 Å². The maximum atomic E-state index is 11.0. The van der Waals surface area contributed by atoms with Crippen LogP contribution in [0.3, 0.4) is 0 Å². The zero-order chi connectivity index (χ0) is 14.5. The van der Waals surface area contributed by atoms with Crippen LogP contribution in [0, 0.1) is 12.5 Å². The lowest BCUT2D eigenvalue weighted by atomic mass is 10.1. The Labute approximate surface area is 115 Å². The molecule has 1 aromatic carbocycles. The van der Waals surface area contributed by atoms with E-state index in [1.54, 1.807) is 6.11 Å². The van der Waals surface area contributed by atoms with Crippen LogP contribution in [0.2, 0.25) is 0 Å². The van der Waals surface area contributed by atoms with Gasteiger partial charge in [-0.15, -0.1) is 0 Å². The third-order valence-corrected chi connectivity index (χ3v) is 2.63. The summed E-state index contributed by atoms with van der Waals surface area (Å²) in [5, 5.41) is 8.57. The Morgan fingerprint density at radius 2 is 1.55 bits per heavy atom. The lowest BCUT2D eigenvalue weighted by Gasteiger charge is -1.97. The first-order valence-corrected chi connectivity index (χ1v) is 5.72. The Balaban J connectivity index is 0.000000198. The minimum atomic E-state index is -1.05. The molecular weight excluding hydrogens is 256 g/mol. The van der Waals surface area contributed by atoms with Crippen molar-refractivity contribution in [3.63, 3.8) is 0 Å². The summed E-state index contributed by atoms with van der Waals surface area (Å²) in [7, 11) is 0. The molecular formula is C16H10O4. The molecule has 0 saturated carbocycles. The number of carbonyl (C=O) groups excluding carboxylic acids is 1. The van der Waals surface area contributed by atoms with Gasteiger partial charge in [0.05, 0.1) is 11.1 Å². The third-order valence-electron chi connectivity index (χ3n) is 2.63. The second kappa shape index (κ2) is 5.72. The zero-order valence-electron chi connectivity index (χ0n) is 10.4. The monoisotopic (exact) mass is 266 g/mol. The number of carboxylic acids is 1. The van der Waals surface area contributed by atoms with Gasteiger partial charge in [-0.05, 0) is 41.5 Å². The van der Waals surface area contributed by atoms with Crippen LogP contribution in [0.25, 0.3) is 11.1 Å². The van der Waals surface area contributed by atoms with E-state index in [0.29, 0.717) is 0 Å². The van der Waals surface area contributed by atoms with E-state index in [2.05, 4.69) is 29.0 Å². The number of fused-ring (bicyclic) bond motifs is 1. The summed E-state index contributed by atoms with van der Waals surface area (Å²) in [5.74, 6) is -1.73. The average molecular weight is 266 g/mol. The molecule has 4 heteroatoms. The Hall–Kier alpha value is -3.06. The van der Waals surface area contributed by atoms with Crippen molar-refractivity contribution in [2.75, 3.05) is 0 Å². The lowest BCUT2D eigenvalue weighted by Crippen LogP contribution is -2.02. The number of aromatic carboxylic acids is 1. The van der Waals surface area contributed by atoms with E-state index in [-0.39, 0.29) is 11.1 Å². The number of hydrogen-bond donors (Lipinski definition) is 1. The minimum Gasteiger partial charge on any atom is -0.478 e.